The Hall–Kier alpha value is -5.15. The van der Waals surface area contributed by atoms with Crippen LogP contribution in [0.2, 0.25) is 0 Å². The van der Waals surface area contributed by atoms with Crippen molar-refractivity contribution in [2.45, 2.75) is 75.5 Å². The van der Waals surface area contributed by atoms with Crippen LogP contribution in [0.4, 0.5) is 0 Å². The Morgan fingerprint density at radius 1 is 0.608 bits per heavy atom. The second-order valence-corrected chi connectivity index (χ2v) is 15.8. The quantitative estimate of drug-likeness (QED) is 0.192. The van der Waals surface area contributed by atoms with Crippen LogP contribution >= 0.6 is 0 Å². The average Bonchev–Trinajstić information content (AvgIpc) is 3.59. The number of benzene rings is 4. The number of rotatable bonds is 4. The van der Waals surface area contributed by atoms with Crippen LogP contribution in [0, 0.1) is 5.92 Å². The molecule has 1 heterocycles. The van der Waals surface area contributed by atoms with Crippen molar-refractivity contribution < 1.29 is 0 Å². The van der Waals surface area contributed by atoms with E-state index >= 15 is 0 Å². The van der Waals surface area contributed by atoms with Gasteiger partial charge in [0.25, 0.3) is 0 Å². The number of nitrogens with zero attached hydrogens (tertiary/aromatic N) is 3. The van der Waals surface area contributed by atoms with Crippen LogP contribution in [-0.2, 0) is 10.8 Å². The zero-order chi connectivity index (χ0) is 34.2. The Bertz CT molecular complexity index is 2310. The third-order valence-electron chi connectivity index (χ3n) is 12.7. The molecule has 5 aliphatic rings. The van der Waals surface area contributed by atoms with E-state index in [1.807, 2.05) is 18.2 Å². The van der Waals surface area contributed by atoms with E-state index in [4.69, 9.17) is 15.0 Å². The fourth-order valence-corrected chi connectivity index (χ4v) is 10.2. The minimum atomic E-state index is -0.0588. The first kappa shape index (κ1) is 30.7. The third kappa shape index (κ3) is 4.74. The summed E-state index contributed by atoms with van der Waals surface area (Å²) in [5, 5.41) is 0. The van der Waals surface area contributed by atoms with Crippen LogP contribution in [-0.4, -0.2) is 15.0 Å². The first-order chi connectivity index (χ1) is 25.0. The lowest BCUT2D eigenvalue weighted by molar-refractivity contribution is 0.233. The maximum Gasteiger partial charge on any atom is 0.164 e. The highest BCUT2D eigenvalue weighted by molar-refractivity contribution is 5.98. The summed E-state index contributed by atoms with van der Waals surface area (Å²) < 4.78 is 0. The number of fused-ring (bicyclic) bond motifs is 8. The van der Waals surface area contributed by atoms with Crippen LogP contribution in [0.3, 0.4) is 0 Å². The van der Waals surface area contributed by atoms with Gasteiger partial charge in [-0.25, -0.2) is 15.0 Å². The smallest absolute Gasteiger partial charge is 0.164 e. The predicted molar refractivity (Wildman–Crippen MR) is 209 cm³/mol. The first-order valence-electron chi connectivity index (χ1n) is 19.0. The van der Waals surface area contributed by atoms with Crippen molar-refractivity contribution in [3.05, 3.63) is 161 Å². The molecule has 4 aromatic carbocycles. The SMILES string of the molecule is CC1(C)C2=CC3c4ccccc4C4(CCCCC4)C3C=C2c2c(-c3ccc(-c4nc(C5=CCCC=C5)nc(-c5ccccc5)n4)cc3)cccc21. The van der Waals surface area contributed by atoms with Crippen molar-refractivity contribution in [2.24, 2.45) is 5.92 Å². The molecule has 0 N–H and O–H groups in total. The molecule has 0 aliphatic heterocycles. The number of hydrogen-bond donors (Lipinski definition) is 0. The van der Waals surface area contributed by atoms with E-state index in [9.17, 15) is 0 Å². The predicted octanol–water partition coefficient (Wildman–Crippen LogP) is 11.8. The van der Waals surface area contributed by atoms with E-state index in [1.165, 1.54) is 65.5 Å². The molecule has 250 valence electrons. The zero-order valence-electron chi connectivity index (χ0n) is 29.6. The van der Waals surface area contributed by atoms with E-state index < -0.39 is 0 Å². The van der Waals surface area contributed by atoms with Crippen molar-refractivity contribution in [1.29, 1.82) is 0 Å². The van der Waals surface area contributed by atoms with Crippen molar-refractivity contribution in [3.8, 4) is 33.9 Å². The van der Waals surface area contributed by atoms with Gasteiger partial charge in [-0.05, 0) is 76.1 Å². The summed E-state index contributed by atoms with van der Waals surface area (Å²) in [5.41, 5.74) is 14.8. The maximum atomic E-state index is 5.02. The Morgan fingerprint density at radius 3 is 2.06 bits per heavy atom. The Kier molecular flexibility index (Phi) is 7.03. The van der Waals surface area contributed by atoms with Gasteiger partial charge in [-0.3, -0.25) is 0 Å². The summed E-state index contributed by atoms with van der Waals surface area (Å²) in [4.78, 5) is 14.9. The molecular formula is C48H43N3. The molecule has 2 atom stereocenters. The van der Waals surface area contributed by atoms with Gasteiger partial charge in [0.15, 0.2) is 17.5 Å². The van der Waals surface area contributed by atoms with Crippen molar-refractivity contribution in [1.82, 2.24) is 15.0 Å². The normalized spacial score (nSPS) is 22.0. The maximum absolute atomic E-state index is 5.02. The zero-order valence-corrected chi connectivity index (χ0v) is 29.6. The Balaban J connectivity index is 1.07. The highest BCUT2D eigenvalue weighted by atomic mass is 15.0. The standard InChI is InChI=1S/C48H43N3/c1-47(2)40-22-14-20-35(43(40)38-30-42-37(29-41(38)47)36-19-10-11-21-39(36)48(42)27-12-5-13-28-48)31-23-25-34(26-24-31)46-50-44(32-15-6-3-7-16-32)49-45(51-46)33-17-8-4-9-18-33/h3,6-8,10-11,14-26,29-30,37,42H,4-5,9,12-13,27-28H2,1-2H3. The Morgan fingerprint density at radius 2 is 1.29 bits per heavy atom. The van der Waals surface area contributed by atoms with Gasteiger partial charge in [-0.2, -0.15) is 0 Å². The molecule has 1 spiro atoms. The van der Waals surface area contributed by atoms with E-state index in [0.29, 0.717) is 23.5 Å². The molecule has 10 rings (SSSR count). The molecule has 1 saturated carbocycles. The molecule has 1 aromatic heterocycles. The van der Waals surface area contributed by atoms with Crippen LogP contribution in [0.25, 0.3) is 45.0 Å². The highest BCUT2D eigenvalue weighted by Gasteiger charge is 2.54. The minimum Gasteiger partial charge on any atom is -0.208 e. The lowest BCUT2D eigenvalue weighted by Crippen LogP contribution is -2.35. The van der Waals surface area contributed by atoms with E-state index in [0.717, 1.165) is 35.4 Å². The van der Waals surface area contributed by atoms with Gasteiger partial charge in [-0.1, -0.05) is 161 Å². The molecule has 0 radical (unpaired) electrons. The van der Waals surface area contributed by atoms with Crippen LogP contribution in [0.5, 0.6) is 0 Å². The van der Waals surface area contributed by atoms with Crippen LogP contribution in [0.15, 0.2) is 133 Å². The molecule has 0 saturated heterocycles. The summed E-state index contributed by atoms with van der Waals surface area (Å²) in [5.74, 6) is 3.11. The van der Waals surface area contributed by atoms with Crippen molar-refractivity contribution in [3.63, 3.8) is 0 Å². The highest BCUT2D eigenvalue weighted by Crippen LogP contribution is 2.64. The van der Waals surface area contributed by atoms with Crippen LogP contribution in [0.1, 0.15) is 92.8 Å². The molecule has 1 fully saturated rings. The van der Waals surface area contributed by atoms with Gasteiger partial charge in [-0.15, -0.1) is 0 Å². The summed E-state index contributed by atoms with van der Waals surface area (Å²) in [6.07, 6.45) is 20.7. The molecule has 5 aliphatic carbocycles. The molecule has 3 nitrogen and oxygen atoms in total. The lowest BCUT2D eigenvalue weighted by Gasteiger charge is -2.42. The number of aromatic nitrogens is 3. The van der Waals surface area contributed by atoms with Crippen molar-refractivity contribution in [2.75, 3.05) is 0 Å². The third-order valence-corrected chi connectivity index (χ3v) is 12.7. The fourth-order valence-electron chi connectivity index (χ4n) is 10.2. The largest absolute Gasteiger partial charge is 0.208 e. The van der Waals surface area contributed by atoms with E-state index in [1.54, 1.807) is 11.1 Å². The van der Waals surface area contributed by atoms with Gasteiger partial charge in [0, 0.05) is 33.4 Å². The minimum absolute atomic E-state index is 0.0588. The van der Waals surface area contributed by atoms with Gasteiger partial charge in [0.2, 0.25) is 0 Å². The molecule has 2 unspecified atom stereocenters. The van der Waals surface area contributed by atoms with Crippen molar-refractivity contribution >= 4 is 11.1 Å². The van der Waals surface area contributed by atoms with Gasteiger partial charge in [0.1, 0.15) is 0 Å². The van der Waals surface area contributed by atoms with Gasteiger partial charge < -0.3 is 0 Å². The molecule has 0 amide bonds. The van der Waals surface area contributed by atoms with E-state index in [-0.39, 0.29) is 10.8 Å². The topological polar surface area (TPSA) is 38.7 Å². The molecular weight excluding hydrogens is 619 g/mol. The van der Waals surface area contributed by atoms with Gasteiger partial charge >= 0.3 is 0 Å². The summed E-state index contributed by atoms with van der Waals surface area (Å²) in [6, 6.07) is 35.6. The number of allylic oxidation sites excluding steroid dienone is 8. The number of hydrogen-bond acceptors (Lipinski definition) is 3. The second kappa shape index (κ2) is 11.7. The molecule has 0 bridgehead atoms. The summed E-state index contributed by atoms with van der Waals surface area (Å²) in [6.45, 7) is 4.87. The van der Waals surface area contributed by atoms with Crippen LogP contribution < -0.4 is 0 Å². The fraction of sp³-hybridized carbons (Fsp3) is 0.271. The lowest BCUT2D eigenvalue weighted by atomic mass is 9.62. The second-order valence-electron chi connectivity index (χ2n) is 15.8. The Labute approximate surface area is 301 Å². The first-order valence-corrected chi connectivity index (χ1v) is 19.0. The molecule has 51 heavy (non-hydrogen) atoms. The summed E-state index contributed by atoms with van der Waals surface area (Å²) >= 11 is 0. The van der Waals surface area contributed by atoms with Gasteiger partial charge in [0.05, 0.1) is 0 Å². The molecule has 3 heteroatoms. The average molecular weight is 662 g/mol. The van der Waals surface area contributed by atoms with E-state index in [2.05, 4.69) is 123 Å². The summed E-state index contributed by atoms with van der Waals surface area (Å²) in [7, 11) is 0. The monoisotopic (exact) mass is 661 g/mol. The molecule has 5 aromatic rings.